The molecule has 7 nitrogen and oxygen atoms in total. The van der Waals surface area contributed by atoms with Gasteiger partial charge in [0.25, 0.3) is 5.91 Å². The number of ether oxygens (including phenoxy) is 1. The SMILES string of the molecule is C[C@@H](OC(=O)C[C@H](NC(N)=O)c1ccc(Cl)cc1)C(=O)N1CCCCCC1. The number of primary amides is 1. The zero-order chi connectivity index (χ0) is 19.8. The minimum Gasteiger partial charge on any atom is -0.452 e. The third-order valence-corrected chi connectivity index (χ3v) is 4.79. The van der Waals surface area contributed by atoms with Crippen molar-refractivity contribution in [3.8, 4) is 0 Å². The van der Waals surface area contributed by atoms with E-state index in [4.69, 9.17) is 22.1 Å². The number of carbonyl (C=O) groups is 3. The summed E-state index contributed by atoms with van der Waals surface area (Å²) < 4.78 is 5.32. The minimum atomic E-state index is -0.866. The lowest BCUT2D eigenvalue weighted by Gasteiger charge is -2.24. The Bertz CT molecular complexity index is 657. The van der Waals surface area contributed by atoms with Crippen LogP contribution in [0.25, 0.3) is 0 Å². The quantitative estimate of drug-likeness (QED) is 0.723. The second kappa shape index (κ2) is 10.2. The second-order valence-electron chi connectivity index (χ2n) is 6.69. The number of esters is 1. The molecule has 8 heteroatoms. The normalized spacial score (nSPS) is 16.7. The molecule has 2 rings (SSSR count). The molecule has 1 heterocycles. The Morgan fingerprint density at radius 3 is 2.30 bits per heavy atom. The first-order chi connectivity index (χ1) is 12.9. The van der Waals surface area contributed by atoms with Crippen molar-refractivity contribution in [3.63, 3.8) is 0 Å². The van der Waals surface area contributed by atoms with E-state index >= 15 is 0 Å². The van der Waals surface area contributed by atoms with Crippen molar-refractivity contribution in [2.75, 3.05) is 13.1 Å². The standard InChI is InChI=1S/C19H26ClN3O4/c1-13(18(25)23-10-4-2-3-5-11-23)27-17(24)12-16(22-19(21)26)14-6-8-15(20)9-7-14/h6-9,13,16H,2-5,10-12H2,1H3,(H3,21,22,26)/t13-,16+/m1/s1. The Morgan fingerprint density at radius 2 is 1.74 bits per heavy atom. The maximum absolute atomic E-state index is 12.5. The Kier molecular flexibility index (Phi) is 7.91. The van der Waals surface area contributed by atoms with Gasteiger partial charge in [-0.25, -0.2) is 4.79 Å². The van der Waals surface area contributed by atoms with Crippen LogP contribution in [0.5, 0.6) is 0 Å². The Morgan fingerprint density at radius 1 is 1.15 bits per heavy atom. The van der Waals surface area contributed by atoms with Crippen LogP contribution in [0.1, 0.15) is 50.6 Å². The van der Waals surface area contributed by atoms with Crippen molar-refractivity contribution in [2.24, 2.45) is 5.73 Å². The molecule has 0 spiro atoms. The summed E-state index contributed by atoms with van der Waals surface area (Å²) in [5.74, 6) is -0.768. The van der Waals surface area contributed by atoms with Crippen molar-refractivity contribution in [3.05, 3.63) is 34.9 Å². The molecule has 1 aliphatic heterocycles. The van der Waals surface area contributed by atoms with Crippen LogP contribution in [0.15, 0.2) is 24.3 Å². The average Bonchev–Trinajstić information content (AvgIpc) is 2.90. The molecule has 0 bridgehead atoms. The number of hydrogen-bond donors (Lipinski definition) is 2. The van der Waals surface area contributed by atoms with Gasteiger partial charge in [-0.2, -0.15) is 0 Å². The summed E-state index contributed by atoms with van der Waals surface area (Å²) in [6, 6.07) is 5.29. The first-order valence-corrected chi connectivity index (χ1v) is 9.54. The predicted molar refractivity (Wildman–Crippen MR) is 102 cm³/mol. The van der Waals surface area contributed by atoms with E-state index in [2.05, 4.69) is 5.32 Å². The molecule has 0 saturated carbocycles. The van der Waals surface area contributed by atoms with Gasteiger partial charge in [-0.15, -0.1) is 0 Å². The highest BCUT2D eigenvalue weighted by molar-refractivity contribution is 6.30. The number of likely N-dealkylation sites (tertiary alicyclic amines) is 1. The fraction of sp³-hybridized carbons (Fsp3) is 0.526. The lowest BCUT2D eigenvalue weighted by Crippen LogP contribution is -2.41. The summed E-state index contributed by atoms with van der Waals surface area (Å²) in [5, 5.41) is 3.06. The number of benzene rings is 1. The van der Waals surface area contributed by atoms with E-state index < -0.39 is 24.1 Å². The Labute approximate surface area is 164 Å². The molecule has 27 heavy (non-hydrogen) atoms. The summed E-state index contributed by atoms with van der Waals surface area (Å²) in [7, 11) is 0. The van der Waals surface area contributed by atoms with Crippen LogP contribution in [-0.4, -0.2) is 42.0 Å². The van der Waals surface area contributed by atoms with E-state index in [0.29, 0.717) is 23.7 Å². The van der Waals surface area contributed by atoms with Gasteiger partial charge >= 0.3 is 12.0 Å². The molecule has 3 N–H and O–H groups in total. The third kappa shape index (κ3) is 6.75. The number of urea groups is 1. The van der Waals surface area contributed by atoms with Gasteiger partial charge < -0.3 is 20.7 Å². The smallest absolute Gasteiger partial charge is 0.312 e. The lowest BCUT2D eigenvalue weighted by atomic mass is 10.0. The second-order valence-corrected chi connectivity index (χ2v) is 7.12. The minimum absolute atomic E-state index is 0.137. The van der Waals surface area contributed by atoms with Crippen LogP contribution in [0.2, 0.25) is 5.02 Å². The highest BCUT2D eigenvalue weighted by Crippen LogP contribution is 2.20. The lowest BCUT2D eigenvalue weighted by molar-refractivity contribution is -0.159. The number of nitrogens with one attached hydrogen (secondary N) is 1. The predicted octanol–water partition coefficient (Wildman–Crippen LogP) is 2.77. The van der Waals surface area contributed by atoms with Gasteiger partial charge in [-0.1, -0.05) is 36.6 Å². The van der Waals surface area contributed by atoms with Crippen molar-refractivity contribution >= 4 is 29.5 Å². The Hall–Kier alpha value is -2.28. The molecule has 1 aromatic carbocycles. The molecule has 1 fully saturated rings. The van der Waals surface area contributed by atoms with Crippen LogP contribution in [-0.2, 0) is 14.3 Å². The largest absolute Gasteiger partial charge is 0.452 e. The maximum Gasteiger partial charge on any atom is 0.312 e. The number of carbonyl (C=O) groups excluding carboxylic acids is 3. The number of rotatable bonds is 6. The molecule has 3 amide bonds. The zero-order valence-corrected chi connectivity index (χ0v) is 16.2. The summed E-state index contributed by atoms with van der Waals surface area (Å²) >= 11 is 5.87. The topological polar surface area (TPSA) is 102 Å². The van der Waals surface area contributed by atoms with E-state index in [9.17, 15) is 14.4 Å². The molecule has 0 radical (unpaired) electrons. The first kappa shape index (κ1) is 21.0. The fourth-order valence-electron chi connectivity index (χ4n) is 3.13. The molecule has 1 saturated heterocycles. The average molecular weight is 396 g/mol. The molecular formula is C19H26ClN3O4. The van der Waals surface area contributed by atoms with Gasteiger partial charge in [0.15, 0.2) is 6.10 Å². The number of hydrogen-bond acceptors (Lipinski definition) is 4. The summed E-state index contributed by atoms with van der Waals surface area (Å²) in [5.41, 5.74) is 5.88. The highest BCUT2D eigenvalue weighted by Gasteiger charge is 2.26. The Balaban J connectivity index is 1.96. The number of amides is 3. The van der Waals surface area contributed by atoms with Gasteiger partial charge in [0.05, 0.1) is 12.5 Å². The molecule has 1 aromatic rings. The number of halogens is 1. The van der Waals surface area contributed by atoms with Crippen LogP contribution in [0.3, 0.4) is 0 Å². The fourth-order valence-corrected chi connectivity index (χ4v) is 3.26. The van der Waals surface area contributed by atoms with Crippen molar-refractivity contribution in [1.82, 2.24) is 10.2 Å². The number of nitrogens with zero attached hydrogens (tertiary/aromatic N) is 1. The van der Waals surface area contributed by atoms with E-state index in [1.165, 1.54) is 0 Å². The van der Waals surface area contributed by atoms with E-state index in [0.717, 1.165) is 25.7 Å². The van der Waals surface area contributed by atoms with Crippen LogP contribution >= 0.6 is 11.6 Å². The van der Waals surface area contributed by atoms with E-state index in [1.807, 2.05) is 0 Å². The van der Waals surface area contributed by atoms with Crippen molar-refractivity contribution in [1.29, 1.82) is 0 Å². The summed E-state index contributed by atoms with van der Waals surface area (Å²) in [4.78, 5) is 37.9. The van der Waals surface area contributed by atoms with Crippen LogP contribution < -0.4 is 11.1 Å². The van der Waals surface area contributed by atoms with Crippen molar-refractivity contribution in [2.45, 2.75) is 51.2 Å². The monoisotopic (exact) mass is 395 g/mol. The van der Waals surface area contributed by atoms with Crippen LogP contribution in [0.4, 0.5) is 4.79 Å². The van der Waals surface area contributed by atoms with Gasteiger partial charge in [0, 0.05) is 18.1 Å². The highest BCUT2D eigenvalue weighted by atomic mass is 35.5. The molecule has 0 unspecified atom stereocenters. The maximum atomic E-state index is 12.5. The zero-order valence-electron chi connectivity index (χ0n) is 15.4. The van der Waals surface area contributed by atoms with Crippen LogP contribution in [0, 0.1) is 0 Å². The molecule has 0 aliphatic carbocycles. The van der Waals surface area contributed by atoms with Gasteiger partial charge in [-0.05, 0) is 37.5 Å². The first-order valence-electron chi connectivity index (χ1n) is 9.16. The molecule has 1 aliphatic rings. The summed E-state index contributed by atoms with van der Waals surface area (Å²) in [6.07, 6.45) is 3.15. The van der Waals surface area contributed by atoms with Crippen molar-refractivity contribution < 1.29 is 19.1 Å². The molecule has 148 valence electrons. The van der Waals surface area contributed by atoms with Gasteiger partial charge in [0.2, 0.25) is 0 Å². The molecule has 0 aromatic heterocycles. The van der Waals surface area contributed by atoms with Gasteiger partial charge in [-0.3, -0.25) is 9.59 Å². The molecule has 2 atom stereocenters. The molecular weight excluding hydrogens is 370 g/mol. The van der Waals surface area contributed by atoms with Gasteiger partial charge in [0.1, 0.15) is 0 Å². The summed E-state index contributed by atoms with van der Waals surface area (Å²) in [6.45, 7) is 2.96. The van der Waals surface area contributed by atoms with E-state index in [-0.39, 0.29) is 12.3 Å². The number of nitrogens with two attached hydrogens (primary N) is 1. The van der Waals surface area contributed by atoms with E-state index in [1.54, 1.807) is 36.1 Å². The third-order valence-electron chi connectivity index (χ3n) is 4.53.